The zero-order valence-corrected chi connectivity index (χ0v) is 18.0. The van der Waals surface area contributed by atoms with Crippen molar-refractivity contribution in [2.24, 2.45) is 4.99 Å². The molecule has 0 atom stereocenters. The summed E-state index contributed by atoms with van der Waals surface area (Å²) in [6, 6.07) is 0. The Morgan fingerprint density at radius 2 is 1.27 bits per heavy atom. The molecule has 0 amide bonds. The van der Waals surface area contributed by atoms with Crippen LogP contribution in [-0.4, -0.2) is 30.4 Å². The molecule has 0 aliphatic carbocycles. The molecule has 0 N–H and O–H groups in total. The highest BCUT2D eigenvalue weighted by molar-refractivity contribution is 5.94. The van der Waals surface area contributed by atoms with Gasteiger partial charge in [-0.25, -0.2) is 0 Å². The Balaban J connectivity index is 1.80. The Morgan fingerprint density at radius 1 is 0.731 bits per heavy atom. The number of nitrogens with zero attached hydrogens (tertiary/aromatic N) is 2. The van der Waals surface area contributed by atoms with Gasteiger partial charge in [0, 0.05) is 13.1 Å². The van der Waals surface area contributed by atoms with E-state index in [2.05, 4.69) is 35.9 Å². The third kappa shape index (κ3) is 12.5. The number of hydrogen-bond donors (Lipinski definition) is 0. The van der Waals surface area contributed by atoms with Crippen LogP contribution in [0, 0.1) is 0 Å². The molecule has 2 heteroatoms. The minimum atomic E-state index is 0.985. The van der Waals surface area contributed by atoms with Crippen molar-refractivity contribution < 1.29 is 0 Å². The molecule has 0 radical (unpaired) electrons. The SMILES string of the molecule is CCCCCCCCCCCCCCCCC=CC1=NCCN1CCC. The molecule has 1 aliphatic heterocycles. The second-order valence-electron chi connectivity index (χ2n) is 8.01. The van der Waals surface area contributed by atoms with Crippen LogP contribution in [0.3, 0.4) is 0 Å². The van der Waals surface area contributed by atoms with Gasteiger partial charge in [-0.3, -0.25) is 4.99 Å². The predicted molar refractivity (Wildman–Crippen MR) is 118 cm³/mol. The fourth-order valence-corrected chi connectivity index (χ4v) is 3.80. The summed E-state index contributed by atoms with van der Waals surface area (Å²) in [7, 11) is 0. The number of unbranched alkanes of at least 4 members (excludes halogenated alkanes) is 14. The lowest BCUT2D eigenvalue weighted by Gasteiger charge is -2.16. The number of rotatable bonds is 18. The van der Waals surface area contributed by atoms with Crippen LogP contribution in [0.5, 0.6) is 0 Å². The lowest BCUT2D eigenvalue weighted by atomic mass is 10.0. The highest BCUT2D eigenvalue weighted by Gasteiger charge is 2.12. The number of hydrogen-bond acceptors (Lipinski definition) is 2. The van der Waals surface area contributed by atoms with Crippen LogP contribution in [0.1, 0.15) is 117 Å². The first-order chi connectivity index (χ1) is 12.9. The maximum atomic E-state index is 4.60. The standard InChI is InChI=1S/C24H46N2/c1-3-5-6-7-8-9-10-11-12-13-14-15-16-17-18-19-20-24-25-21-23-26(24)22-4-2/h19-20H,3-18,21-23H2,1-2H3. The molecule has 152 valence electrons. The summed E-state index contributed by atoms with van der Waals surface area (Å²) < 4.78 is 0. The highest BCUT2D eigenvalue weighted by atomic mass is 15.2. The smallest absolute Gasteiger partial charge is 0.123 e. The van der Waals surface area contributed by atoms with Crippen molar-refractivity contribution in [3.63, 3.8) is 0 Å². The van der Waals surface area contributed by atoms with E-state index in [1.807, 2.05) is 0 Å². The van der Waals surface area contributed by atoms with Gasteiger partial charge < -0.3 is 4.90 Å². The van der Waals surface area contributed by atoms with Gasteiger partial charge in [-0.1, -0.05) is 103 Å². The maximum absolute atomic E-state index is 4.60. The fraction of sp³-hybridized carbons (Fsp3) is 0.875. The van der Waals surface area contributed by atoms with Crippen LogP contribution < -0.4 is 0 Å². The van der Waals surface area contributed by atoms with Crippen LogP contribution in [0.15, 0.2) is 17.1 Å². The predicted octanol–water partition coefficient (Wildman–Crippen LogP) is 7.54. The van der Waals surface area contributed by atoms with Crippen molar-refractivity contribution in [2.45, 2.75) is 117 Å². The quantitative estimate of drug-likeness (QED) is 0.230. The second-order valence-corrected chi connectivity index (χ2v) is 8.01. The maximum Gasteiger partial charge on any atom is 0.123 e. The molecule has 1 aliphatic rings. The average Bonchev–Trinajstić information content (AvgIpc) is 3.09. The topological polar surface area (TPSA) is 15.6 Å². The number of allylic oxidation sites excluding steroid dienone is 1. The van der Waals surface area contributed by atoms with Crippen LogP contribution in [-0.2, 0) is 0 Å². The molecule has 0 unspecified atom stereocenters. The van der Waals surface area contributed by atoms with Crippen LogP contribution in [0.2, 0.25) is 0 Å². The zero-order chi connectivity index (χ0) is 18.7. The van der Waals surface area contributed by atoms with E-state index in [9.17, 15) is 0 Å². The van der Waals surface area contributed by atoms with Crippen molar-refractivity contribution in [3.05, 3.63) is 12.2 Å². The normalized spacial score (nSPS) is 14.5. The monoisotopic (exact) mass is 362 g/mol. The molecule has 0 saturated carbocycles. The zero-order valence-electron chi connectivity index (χ0n) is 18.0. The van der Waals surface area contributed by atoms with Gasteiger partial charge in [-0.05, 0) is 25.3 Å². The van der Waals surface area contributed by atoms with Crippen molar-refractivity contribution in [1.29, 1.82) is 0 Å². The lowest BCUT2D eigenvalue weighted by Crippen LogP contribution is -2.26. The van der Waals surface area contributed by atoms with Crippen molar-refractivity contribution in [3.8, 4) is 0 Å². The largest absolute Gasteiger partial charge is 0.355 e. The summed E-state index contributed by atoms with van der Waals surface area (Å²) in [5.41, 5.74) is 0. The van der Waals surface area contributed by atoms with Gasteiger partial charge >= 0.3 is 0 Å². The molecule has 0 aromatic rings. The van der Waals surface area contributed by atoms with E-state index in [-0.39, 0.29) is 0 Å². The molecule has 0 aromatic heterocycles. The van der Waals surface area contributed by atoms with Crippen molar-refractivity contribution in [2.75, 3.05) is 19.6 Å². The van der Waals surface area contributed by atoms with Gasteiger partial charge in [0.15, 0.2) is 0 Å². The Bertz CT molecular complexity index is 359. The van der Waals surface area contributed by atoms with E-state index in [1.165, 1.54) is 109 Å². The Labute approximate surface area is 164 Å². The second kappa shape index (κ2) is 17.6. The summed E-state index contributed by atoms with van der Waals surface area (Å²) in [5.74, 6) is 1.22. The van der Waals surface area contributed by atoms with Gasteiger partial charge in [0.05, 0.1) is 6.54 Å². The summed E-state index contributed by atoms with van der Waals surface area (Å²) in [4.78, 5) is 7.02. The van der Waals surface area contributed by atoms with E-state index in [4.69, 9.17) is 0 Å². The molecule has 0 spiro atoms. The fourth-order valence-electron chi connectivity index (χ4n) is 3.80. The van der Waals surface area contributed by atoms with Crippen LogP contribution in [0.25, 0.3) is 0 Å². The molecule has 2 nitrogen and oxygen atoms in total. The molecule has 1 rings (SSSR count). The van der Waals surface area contributed by atoms with Gasteiger partial charge in [-0.2, -0.15) is 0 Å². The average molecular weight is 363 g/mol. The summed E-state index contributed by atoms with van der Waals surface area (Å²) in [5, 5.41) is 0. The molecule has 0 fully saturated rings. The van der Waals surface area contributed by atoms with Crippen LogP contribution in [0.4, 0.5) is 0 Å². The van der Waals surface area contributed by atoms with Crippen LogP contribution >= 0.6 is 0 Å². The molecule has 0 bridgehead atoms. The molecule has 26 heavy (non-hydrogen) atoms. The van der Waals surface area contributed by atoms with E-state index < -0.39 is 0 Å². The minimum Gasteiger partial charge on any atom is -0.355 e. The summed E-state index contributed by atoms with van der Waals surface area (Å²) in [6.07, 6.45) is 27.1. The third-order valence-electron chi connectivity index (χ3n) is 5.45. The molecular weight excluding hydrogens is 316 g/mol. The van der Waals surface area contributed by atoms with Gasteiger partial charge in [0.25, 0.3) is 0 Å². The van der Waals surface area contributed by atoms with Crippen molar-refractivity contribution >= 4 is 5.84 Å². The van der Waals surface area contributed by atoms with Crippen molar-refractivity contribution in [1.82, 2.24) is 4.90 Å². The molecular formula is C24H46N2. The first-order valence-corrected chi connectivity index (χ1v) is 11.8. The minimum absolute atomic E-state index is 0.985. The van der Waals surface area contributed by atoms with E-state index in [0.717, 1.165) is 19.6 Å². The first kappa shape index (κ1) is 23.2. The Kier molecular flexibility index (Phi) is 15.8. The third-order valence-corrected chi connectivity index (χ3v) is 5.45. The summed E-state index contributed by atoms with van der Waals surface area (Å²) >= 11 is 0. The highest BCUT2D eigenvalue weighted by Crippen LogP contribution is 2.13. The Morgan fingerprint density at radius 3 is 1.81 bits per heavy atom. The summed E-state index contributed by atoms with van der Waals surface area (Å²) in [6.45, 7) is 7.80. The molecule has 0 aromatic carbocycles. The van der Waals surface area contributed by atoms with Gasteiger partial charge in [-0.15, -0.1) is 0 Å². The van der Waals surface area contributed by atoms with Gasteiger partial charge in [0.1, 0.15) is 5.84 Å². The molecule has 0 saturated heterocycles. The Hall–Kier alpha value is -0.790. The van der Waals surface area contributed by atoms with E-state index in [1.54, 1.807) is 0 Å². The van der Waals surface area contributed by atoms with Gasteiger partial charge in [0.2, 0.25) is 0 Å². The number of amidine groups is 1. The van der Waals surface area contributed by atoms with E-state index in [0.29, 0.717) is 0 Å². The lowest BCUT2D eigenvalue weighted by molar-refractivity contribution is 0.457. The molecule has 1 heterocycles. The van der Waals surface area contributed by atoms with E-state index >= 15 is 0 Å². The first-order valence-electron chi connectivity index (χ1n) is 11.8. The number of aliphatic imine (C=N–C) groups is 1.